The Morgan fingerprint density at radius 2 is 2.06 bits per heavy atom. The molecule has 16 heavy (non-hydrogen) atoms. The van der Waals surface area contributed by atoms with Crippen molar-refractivity contribution in [2.24, 2.45) is 5.73 Å². The van der Waals surface area contributed by atoms with Crippen LogP contribution in [0.15, 0.2) is 18.2 Å². The van der Waals surface area contributed by atoms with Gasteiger partial charge in [0.15, 0.2) is 0 Å². The second-order valence-electron chi connectivity index (χ2n) is 3.29. The first-order valence-corrected chi connectivity index (χ1v) is 4.56. The monoisotopic (exact) mass is 229 g/mol. The summed E-state index contributed by atoms with van der Waals surface area (Å²) in [6, 6.07) is 2.97. The molecule has 1 aromatic carbocycles. The maximum Gasteiger partial charge on any atom is 0.335 e. The third kappa shape index (κ3) is 2.54. The molecule has 0 amide bonds. The predicted octanol–water partition coefficient (Wildman–Crippen LogP) is -0.123. The third-order valence-electron chi connectivity index (χ3n) is 2.17. The van der Waals surface area contributed by atoms with E-state index < -0.39 is 24.0 Å². The fraction of sp³-hybridized carbons (Fsp3) is 0.300. The second kappa shape index (κ2) is 5.02. The lowest BCUT2D eigenvalue weighted by Crippen LogP contribution is -2.28. The topological polar surface area (TPSA) is 104 Å². The number of carbonyl (C=O) groups is 1. The molecule has 0 bridgehead atoms. The van der Waals surface area contributed by atoms with Crippen molar-refractivity contribution in [2.75, 3.05) is 6.54 Å². The standard InChI is InChI=1S/C10H12FNO4/c11-7-2-1-5(10(15)16)3-6(7)9(14)8(13)4-12/h1-3,8-9,13-14H,4,12H2,(H,15,16). The zero-order valence-corrected chi connectivity index (χ0v) is 8.30. The summed E-state index contributed by atoms with van der Waals surface area (Å²) >= 11 is 0. The van der Waals surface area contributed by atoms with E-state index in [4.69, 9.17) is 10.8 Å². The van der Waals surface area contributed by atoms with Gasteiger partial charge in [0.05, 0.1) is 11.7 Å². The summed E-state index contributed by atoms with van der Waals surface area (Å²) in [5.41, 5.74) is 4.66. The molecular weight excluding hydrogens is 217 g/mol. The number of aliphatic hydroxyl groups excluding tert-OH is 2. The number of carboxylic acids is 1. The number of aliphatic hydroxyl groups is 2. The van der Waals surface area contributed by atoms with Gasteiger partial charge in [0.2, 0.25) is 0 Å². The Labute approximate surface area is 90.9 Å². The Kier molecular flexibility index (Phi) is 3.94. The van der Waals surface area contributed by atoms with Crippen molar-refractivity contribution in [2.45, 2.75) is 12.2 Å². The van der Waals surface area contributed by atoms with Gasteiger partial charge >= 0.3 is 5.97 Å². The number of carboxylic acid groups (broad SMARTS) is 1. The van der Waals surface area contributed by atoms with Crippen molar-refractivity contribution in [1.82, 2.24) is 0 Å². The summed E-state index contributed by atoms with van der Waals surface area (Å²) in [5, 5.41) is 27.4. The van der Waals surface area contributed by atoms with Crippen LogP contribution in [0.25, 0.3) is 0 Å². The molecule has 1 aromatic rings. The molecule has 0 aromatic heterocycles. The van der Waals surface area contributed by atoms with E-state index in [0.29, 0.717) is 0 Å². The van der Waals surface area contributed by atoms with Crippen LogP contribution in [0.4, 0.5) is 4.39 Å². The van der Waals surface area contributed by atoms with Gasteiger partial charge in [-0.25, -0.2) is 9.18 Å². The van der Waals surface area contributed by atoms with Crippen LogP contribution in [-0.2, 0) is 0 Å². The maximum atomic E-state index is 13.3. The molecule has 88 valence electrons. The number of rotatable bonds is 4. The van der Waals surface area contributed by atoms with Crippen molar-refractivity contribution in [3.63, 3.8) is 0 Å². The largest absolute Gasteiger partial charge is 0.478 e. The molecule has 2 unspecified atom stereocenters. The highest BCUT2D eigenvalue weighted by Gasteiger charge is 2.21. The Morgan fingerprint density at radius 3 is 2.56 bits per heavy atom. The number of halogens is 1. The maximum absolute atomic E-state index is 13.3. The fourth-order valence-electron chi connectivity index (χ4n) is 1.24. The SMILES string of the molecule is NCC(O)C(O)c1cc(C(=O)O)ccc1F. The van der Waals surface area contributed by atoms with Gasteiger partial charge in [-0.05, 0) is 18.2 Å². The van der Waals surface area contributed by atoms with Crippen molar-refractivity contribution in [3.05, 3.63) is 35.1 Å². The summed E-state index contributed by atoms with van der Waals surface area (Å²) in [6.45, 7) is -0.252. The van der Waals surface area contributed by atoms with Gasteiger partial charge in [-0.1, -0.05) is 0 Å². The van der Waals surface area contributed by atoms with Crippen LogP contribution in [-0.4, -0.2) is 33.9 Å². The van der Waals surface area contributed by atoms with E-state index in [0.717, 1.165) is 18.2 Å². The van der Waals surface area contributed by atoms with Gasteiger partial charge in [0.1, 0.15) is 11.9 Å². The molecule has 0 saturated heterocycles. The normalized spacial score (nSPS) is 14.5. The van der Waals surface area contributed by atoms with Gasteiger partial charge in [0, 0.05) is 12.1 Å². The quantitative estimate of drug-likeness (QED) is 0.576. The average Bonchev–Trinajstić information content (AvgIpc) is 2.27. The van der Waals surface area contributed by atoms with Crippen molar-refractivity contribution in [3.8, 4) is 0 Å². The minimum Gasteiger partial charge on any atom is -0.478 e. The molecule has 0 spiro atoms. The highest BCUT2D eigenvalue weighted by Crippen LogP contribution is 2.21. The molecule has 0 radical (unpaired) electrons. The first kappa shape index (κ1) is 12.6. The van der Waals surface area contributed by atoms with Crippen LogP contribution in [0.1, 0.15) is 22.0 Å². The first-order valence-electron chi connectivity index (χ1n) is 4.56. The molecule has 1 rings (SSSR count). The lowest BCUT2D eigenvalue weighted by atomic mass is 10.0. The van der Waals surface area contributed by atoms with Crippen LogP contribution in [0.2, 0.25) is 0 Å². The molecule has 0 fully saturated rings. The molecule has 0 aliphatic carbocycles. The number of aromatic carboxylic acids is 1. The van der Waals surface area contributed by atoms with Crippen LogP contribution in [0.3, 0.4) is 0 Å². The van der Waals surface area contributed by atoms with E-state index in [1.807, 2.05) is 0 Å². The van der Waals surface area contributed by atoms with Gasteiger partial charge in [-0.3, -0.25) is 0 Å². The summed E-state index contributed by atoms with van der Waals surface area (Å²) in [5.74, 6) is -2.03. The summed E-state index contributed by atoms with van der Waals surface area (Å²) in [4.78, 5) is 10.6. The Morgan fingerprint density at radius 1 is 1.44 bits per heavy atom. The zero-order valence-electron chi connectivity index (χ0n) is 8.30. The van der Waals surface area contributed by atoms with Crippen molar-refractivity contribution >= 4 is 5.97 Å². The van der Waals surface area contributed by atoms with Crippen LogP contribution in [0.5, 0.6) is 0 Å². The Hall–Kier alpha value is -1.50. The van der Waals surface area contributed by atoms with Gasteiger partial charge in [-0.15, -0.1) is 0 Å². The minimum atomic E-state index is -1.54. The number of nitrogens with two attached hydrogens (primary N) is 1. The summed E-state index contributed by atoms with van der Waals surface area (Å²) < 4.78 is 13.3. The molecule has 0 saturated carbocycles. The molecule has 2 atom stereocenters. The van der Waals surface area contributed by atoms with E-state index >= 15 is 0 Å². The molecule has 6 heteroatoms. The highest BCUT2D eigenvalue weighted by atomic mass is 19.1. The van der Waals surface area contributed by atoms with Crippen LogP contribution >= 0.6 is 0 Å². The fourth-order valence-corrected chi connectivity index (χ4v) is 1.24. The van der Waals surface area contributed by atoms with Gasteiger partial charge in [0.25, 0.3) is 0 Å². The Balaban J connectivity index is 3.11. The zero-order chi connectivity index (χ0) is 12.3. The van der Waals surface area contributed by atoms with E-state index in [1.54, 1.807) is 0 Å². The van der Waals surface area contributed by atoms with Gasteiger partial charge in [-0.2, -0.15) is 0 Å². The van der Waals surface area contributed by atoms with E-state index in [1.165, 1.54) is 0 Å². The molecule has 5 N–H and O–H groups in total. The lowest BCUT2D eigenvalue weighted by Gasteiger charge is -2.17. The lowest BCUT2D eigenvalue weighted by molar-refractivity contribution is 0.0221. The number of hydrogen-bond acceptors (Lipinski definition) is 4. The number of benzene rings is 1. The molecule has 5 nitrogen and oxygen atoms in total. The van der Waals surface area contributed by atoms with Gasteiger partial charge < -0.3 is 21.1 Å². The van der Waals surface area contributed by atoms with Crippen LogP contribution in [0, 0.1) is 5.82 Å². The highest BCUT2D eigenvalue weighted by molar-refractivity contribution is 5.87. The predicted molar refractivity (Wildman–Crippen MR) is 53.4 cm³/mol. The first-order chi connectivity index (χ1) is 7.47. The summed E-state index contributed by atoms with van der Waals surface area (Å²) in [7, 11) is 0. The third-order valence-corrected chi connectivity index (χ3v) is 2.17. The second-order valence-corrected chi connectivity index (χ2v) is 3.29. The summed E-state index contributed by atoms with van der Waals surface area (Å²) in [6.07, 6.45) is -2.87. The van der Waals surface area contributed by atoms with Crippen LogP contribution < -0.4 is 5.73 Å². The van der Waals surface area contributed by atoms with Crippen molar-refractivity contribution < 1.29 is 24.5 Å². The van der Waals surface area contributed by atoms with E-state index in [9.17, 15) is 19.4 Å². The molecule has 0 aliphatic rings. The molecule has 0 heterocycles. The molecular formula is C10H12FNO4. The Bertz CT molecular complexity index is 396. The van der Waals surface area contributed by atoms with E-state index in [2.05, 4.69) is 0 Å². The number of hydrogen-bond donors (Lipinski definition) is 4. The minimum absolute atomic E-state index is 0.167. The average molecular weight is 229 g/mol. The molecule has 0 aliphatic heterocycles. The van der Waals surface area contributed by atoms with E-state index in [-0.39, 0.29) is 17.7 Å². The van der Waals surface area contributed by atoms with Crippen molar-refractivity contribution in [1.29, 1.82) is 0 Å². The smallest absolute Gasteiger partial charge is 0.335 e.